The highest BCUT2D eigenvalue weighted by molar-refractivity contribution is 7.12. The summed E-state index contributed by atoms with van der Waals surface area (Å²) in [6, 6.07) is 1.71. The molecule has 6 heteroatoms. The number of halogens is 1. The molecule has 1 saturated heterocycles. The number of aliphatic carboxylic acids is 1. The molecule has 1 amide bonds. The fourth-order valence-corrected chi connectivity index (χ4v) is 3.62. The van der Waals surface area contributed by atoms with Crippen LogP contribution >= 0.6 is 22.9 Å². The quantitative estimate of drug-likeness (QED) is 0.930. The van der Waals surface area contributed by atoms with Crippen molar-refractivity contribution in [1.82, 2.24) is 4.90 Å². The Kier molecular flexibility index (Phi) is 4.39. The van der Waals surface area contributed by atoms with Crippen molar-refractivity contribution >= 4 is 34.8 Å². The molecule has 1 N–H and O–H groups in total. The van der Waals surface area contributed by atoms with E-state index in [1.54, 1.807) is 30.2 Å². The lowest BCUT2D eigenvalue weighted by atomic mass is 9.74. The van der Waals surface area contributed by atoms with Gasteiger partial charge in [-0.3, -0.25) is 9.59 Å². The first-order valence-electron chi connectivity index (χ1n) is 6.59. The molecular weight excluding hydrogens is 298 g/mol. The van der Waals surface area contributed by atoms with Crippen molar-refractivity contribution in [2.75, 3.05) is 13.1 Å². The first-order chi connectivity index (χ1) is 9.34. The average molecular weight is 316 g/mol. The van der Waals surface area contributed by atoms with E-state index in [0.29, 0.717) is 23.0 Å². The van der Waals surface area contributed by atoms with Crippen LogP contribution in [0.15, 0.2) is 11.4 Å². The molecule has 20 heavy (non-hydrogen) atoms. The SMILES string of the molecule is CC(C)(C(=O)O)C1CCCN(C(=O)c2sccc2Cl)C1. The van der Waals surface area contributed by atoms with Gasteiger partial charge in [0.2, 0.25) is 0 Å². The van der Waals surface area contributed by atoms with Crippen LogP contribution in [0.5, 0.6) is 0 Å². The van der Waals surface area contributed by atoms with E-state index in [1.807, 2.05) is 0 Å². The zero-order chi connectivity index (χ0) is 14.9. The summed E-state index contributed by atoms with van der Waals surface area (Å²) in [5, 5.41) is 11.6. The van der Waals surface area contributed by atoms with Gasteiger partial charge in [0, 0.05) is 13.1 Å². The smallest absolute Gasteiger partial charge is 0.309 e. The van der Waals surface area contributed by atoms with Crippen LogP contribution in [0.2, 0.25) is 5.02 Å². The van der Waals surface area contributed by atoms with Crippen LogP contribution in [0.25, 0.3) is 0 Å². The molecule has 0 radical (unpaired) electrons. The molecule has 4 nitrogen and oxygen atoms in total. The maximum Gasteiger partial charge on any atom is 0.309 e. The Morgan fingerprint density at radius 2 is 2.20 bits per heavy atom. The van der Waals surface area contributed by atoms with Gasteiger partial charge in [0.1, 0.15) is 4.88 Å². The number of carbonyl (C=O) groups is 2. The lowest BCUT2D eigenvalue weighted by Crippen LogP contribution is -2.46. The molecule has 1 fully saturated rings. The largest absolute Gasteiger partial charge is 0.481 e. The number of amides is 1. The summed E-state index contributed by atoms with van der Waals surface area (Å²) in [5.41, 5.74) is -0.821. The number of carboxylic acid groups (broad SMARTS) is 1. The Bertz CT molecular complexity index is 526. The van der Waals surface area contributed by atoms with Gasteiger partial charge in [-0.25, -0.2) is 0 Å². The standard InChI is InChI=1S/C14H18ClNO3S/c1-14(2,13(18)19)9-4-3-6-16(8-9)12(17)11-10(15)5-7-20-11/h5,7,9H,3-4,6,8H2,1-2H3,(H,18,19). The Morgan fingerprint density at radius 3 is 2.75 bits per heavy atom. The van der Waals surface area contributed by atoms with Crippen LogP contribution in [0, 0.1) is 11.3 Å². The molecule has 0 aliphatic carbocycles. The molecule has 0 spiro atoms. The number of thiophene rings is 1. The highest BCUT2D eigenvalue weighted by atomic mass is 35.5. The van der Waals surface area contributed by atoms with Crippen molar-refractivity contribution < 1.29 is 14.7 Å². The summed E-state index contributed by atoms with van der Waals surface area (Å²) >= 11 is 7.33. The van der Waals surface area contributed by atoms with Crippen LogP contribution in [-0.2, 0) is 4.79 Å². The number of likely N-dealkylation sites (tertiary alicyclic amines) is 1. The maximum absolute atomic E-state index is 12.4. The predicted molar refractivity (Wildman–Crippen MR) is 79.4 cm³/mol. The monoisotopic (exact) mass is 315 g/mol. The molecule has 1 aliphatic rings. The van der Waals surface area contributed by atoms with Crippen LogP contribution in [-0.4, -0.2) is 35.0 Å². The van der Waals surface area contributed by atoms with E-state index < -0.39 is 11.4 Å². The van der Waals surface area contributed by atoms with Gasteiger partial charge in [-0.15, -0.1) is 11.3 Å². The molecule has 1 aromatic rings. The normalized spacial score (nSPS) is 19.9. The Hall–Kier alpha value is -1.07. The van der Waals surface area contributed by atoms with Crippen LogP contribution in [0.4, 0.5) is 0 Å². The molecule has 1 aromatic heterocycles. The van der Waals surface area contributed by atoms with Crippen molar-refractivity contribution in [2.45, 2.75) is 26.7 Å². The summed E-state index contributed by atoms with van der Waals surface area (Å²) in [6.45, 7) is 4.60. The third-order valence-electron chi connectivity index (χ3n) is 4.09. The van der Waals surface area contributed by atoms with Gasteiger partial charge in [0.15, 0.2) is 0 Å². The number of carboxylic acids is 1. The molecular formula is C14H18ClNO3S. The zero-order valence-corrected chi connectivity index (χ0v) is 13.1. The summed E-state index contributed by atoms with van der Waals surface area (Å²) in [7, 11) is 0. The molecule has 0 aromatic carbocycles. The molecule has 2 heterocycles. The van der Waals surface area contributed by atoms with Gasteiger partial charge in [-0.2, -0.15) is 0 Å². The van der Waals surface area contributed by atoms with Gasteiger partial charge in [0.05, 0.1) is 10.4 Å². The van der Waals surface area contributed by atoms with Crippen LogP contribution in [0.1, 0.15) is 36.4 Å². The number of piperidine rings is 1. The first-order valence-corrected chi connectivity index (χ1v) is 7.85. The van der Waals surface area contributed by atoms with Crippen molar-refractivity contribution in [3.8, 4) is 0 Å². The summed E-state index contributed by atoms with van der Waals surface area (Å²) < 4.78 is 0. The van der Waals surface area contributed by atoms with Gasteiger partial charge < -0.3 is 10.0 Å². The summed E-state index contributed by atoms with van der Waals surface area (Å²) in [5.74, 6) is -0.932. The fraction of sp³-hybridized carbons (Fsp3) is 0.571. The number of carbonyl (C=O) groups excluding carboxylic acids is 1. The highest BCUT2D eigenvalue weighted by Gasteiger charge is 2.40. The Balaban J connectivity index is 2.13. The minimum absolute atomic E-state index is 0.0311. The van der Waals surface area contributed by atoms with E-state index in [4.69, 9.17) is 11.6 Å². The number of nitrogens with zero attached hydrogens (tertiary/aromatic N) is 1. The van der Waals surface area contributed by atoms with Gasteiger partial charge in [0.25, 0.3) is 5.91 Å². The van der Waals surface area contributed by atoms with Crippen LogP contribution in [0.3, 0.4) is 0 Å². The summed E-state index contributed by atoms with van der Waals surface area (Å²) in [4.78, 5) is 26.1. The van der Waals surface area contributed by atoms with E-state index in [-0.39, 0.29) is 11.8 Å². The average Bonchev–Trinajstić information content (AvgIpc) is 2.84. The van der Waals surface area contributed by atoms with Gasteiger partial charge in [-0.05, 0) is 44.1 Å². The molecule has 0 saturated carbocycles. The fourth-order valence-electron chi connectivity index (χ4n) is 2.52. The van der Waals surface area contributed by atoms with Crippen molar-refractivity contribution in [3.05, 3.63) is 21.3 Å². The summed E-state index contributed by atoms with van der Waals surface area (Å²) in [6.07, 6.45) is 1.66. The minimum atomic E-state index is -0.821. The maximum atomic E-state index is 12.4. The molecule has 1 unspecified atom stereocenters. The number of hydrogen-bond donors (Lipinski definition) is 1. The molecule has 1 atom stereocenters. The third-order valence-corrected chi connectivity index (χ3v) is 5.42. The number of rotatable bonds is 3. The van der Waals surface area contributed by atoms with E-state index >= 15 is 0 Å². The second-order valence-electron chi connectivity index (χ2n) is 5.71. The Labute approximate surface area is 127 Å². The second kappa shape index (κ2) is 5.74. The zero-order valence-electron chi connectivity index (χ0n) is 11.6. The van der Waals surface area contributed by atoms with Crippen LogP contribution < -0.4 is 0 Å². The minimum Gasteiger partial charge on any atom is -0.481 e. The van der Waals surface area contributed by atoms with Gasteiger partial charge in [-0.1, -0.05) is 11.6 Å². The van der Waals surface area contributed by atoms with E-state index in [1.165, 1.54) is 11.3 Å². The molecule has 1 aliphatic heterocycles. The Morgan fingerprint density at radius 1 is 1.50 bits per heavy atom. The van der Waals surface area contributed by atoms with E-state index in [0.717, 1.165) is 12.8 Å². The topological polar surface area (TPSA) is 57.6 Å². The molecule has 0 bridgehead atoms. The third kappa shape index (κ3) is 2.83. The van der Waals surface area contributed by atoms with Crippen molar-refractivity contribution in [2.24, 2.45) is 11.3 Å². The lowest BCUT2D eigenvalue weighted by Gasteiger charge is -2.39. The molecule has 2 rings (SSSR count). The molecule has 110 valence electrons. The van der Waals surface area contributed by atoms with E-state index in [9.17, 15) is 14.7 Å². The van der Waals surface area contributed by atoms with E-state index in [2.05, 4.69) is 0 Å². The van der Waals surface area contributed by atoms with Crippen molar-refractivity contribution in [1.29, 1.82) is 0 Å². The van der Waals surface area contributed by atoms with Gasteiger partial charge >= 0.3 is 5.97 Å². The highest BCUT2D eigenvalue weighted by Crippen LogP contribution is 2.35. The number of hydrogen-bond acceptors (Lipinski definition) is 3. The predicted octanol–water partition coefficient (Wildman–Crippen LogP) is 3.36. The van der Waals surface area contributed by atoms with Crippen molar-refractivity contribution in [3.63, 3.8) is 0 Å². The lowest BCUT2D eigenvalue weighted by molar-refractivity contribution is -0.151. The second-order valence-corrected chi connectivity index (χ2v) is 7.04. The first kappa shape index (κ1) is 15.3.